The first-order valence-corrected chi connectivity index (χ1v) is 8.64. The first kappa shape index (κ1) is 15.4. The number of amides is 1. The first-order chi connectivity index (χ1) is 11.6. The summed E-state index contributed by atoms with van der Waals surface area (Å²) in [6.45, 7) is 4.80. The molecule has 0 bridgehead atoms. The van der Waals surface area contributed by atoms with Crippen LogP contribution in [0.5, 0.6) is 0 Å². The zero-order valence-electron chi connectivity index (χ0n) is 13.5. The number of carbonyl (C=O) groups is 1. The molecule has 1 amide bonds. The highest BCUT2D eigenvalue weighted by molar-refractivity contribution is 6.31. The number of rotatable bonds is 3. The minimum atomic E-state index is -0.170. The molecule has 0 N–H and O–H groups in total. The van der Waals surface area contributed by atoms with E-state index in [1.165, 1.54) is 0 Å². The number of benzene rings is 1. The fourth-order valence-corrected chi connectivity index (χ4v) is 3.22. The van der Waals surface area contributed by atoms with Crippen LogP contribution in [0, 0.1) is 6.92 Å². The van der Waals surface area contributed by atoms with Crippen LogP contribution in [-0.4, -0.2) is 47.1 Å². The van der Waals surface area contributed by atoms with Gasteiger partial charge in [0.05, 0.1) is 0 Å². The molecular formula is C17H19ClN4O2. The van der Waals surface area contributed by atoms with Gasteiger partial charge in [0.25, 0.3) is 0 Å². The van der Waals surface area contributed by atoms with E-state index >= 15 is 0 Å². The lowest BCUT2D eigenvalue weighted by molar-refractivity contribution is 0.0696. The monoisotopic (exact) mass is 346 g/mol. The lowest BCUT2D eigenvalue weighted by atomic mass is 10.1. The molecule has 2 aliphatic rings. The second kappa shape index (κ2) is 6.09. The zero-order valence-corrected chi connectivity index (χ0v) is 14.3. The number of anilines is 1. The average molecular weight is 347 g/mol. The highest BCUT2D eigenvalue weighted by atomic mass is 35.5. The van der Waals surface area contributed by atoms with Gasteiger partial charge in [-0.3, -0.25) is 4.79 Å². The van der Waals surface area contributed by atoms with E-state index in [0.717, 1.165) is 42.2 Å². The molecule has 0 atom stereocenters. The summed E-state index contributed by atoms with van der Waals surface area (Å²) in [4.78, 5) is 20.8. The van der Waals surface area contributed by atoms with Crippen molar-refractivity contribution in [3.63, 3.8) is 0 Å². The molecular weight excluding hydrogens is 328 g/mol. The Morgan fingerprint density at radius 1 is 1.25 bits per heavy atom. The molecule has 2 fully saturated rings. The Balaban J connectivity index is 1.41. The predicted octanol–water partition coefficient (Wildman–Crippen LogP) is 2.87. The van der Waals surface area contributed by atoms with Crippen LogP contribution in [0.4, 0.5) is 5.69 Å². The van der Waals surface area contributed by atoms with Crippen LogP contribution in [0.3, 0.4) is 0 Å². The molecule has 0 unspecified atom stereocenters. The van der Waals surface area contributed by atoms with Gasteiger partial charge in [0.2, 0.25) is 0 Å². The van der Waals surface area contributed by atoms with Gasteiger partial charge in [-0.25, -0.2) is 0 Å². The second-order valence-corrected chi connectivity index (χ2v) is 6.80. The van der Waals surface area contributed by atoms with E-state index in [2.05, 4.69) is 21.1 Å². The maximum absolute atomic E-state index is 12.5. The minimum Gasteiger partial charge on any atom is -0.368 e. The fraction of sp³-hybridized carbons (Fsp3) is 0.471. The molecule has 0 radical (unpaired) electrons. The Morgan fingerprint density at radius 3 is 2.71 bits per heavy atom. The van der Waals surface area contributed by atoms with Crippen LogP contribution >= 0.6 is 11.6 Å². The molecule has 126 valence electrons. The van der Waals surface area contributed by atoms with E-state index in [0.29, 0.717) is 24.8 Å². The lowest BCUT2D eigenvalue weighted by Gasteiger charge is -2.36. The average Bonchev–Trinajstić information content (AvgIpc) is 3.34. The first-order valence-electron chi connectivity index (χ1n) is 8.26. The van der Waals surface area contributed by atoms with Crippen molar-refractivity contribution in [3.8, 4) is 0 Å². The highest BCUT2D eigenvalue weighted by Gasteiger charge is 2.32. The van der Waals surface area contributed by atoms with Crippen LogP contribution in [0.15, 0.2) is 22.7 Å². The van der Waals surface area contributed by atoms with Gasteiger partial charge in [-0.15, -0.1) is 0 Å². The zero-order chi connectivity index (χ0) is 16.7. The predicted molar refractivity (Wildman–Crippen MR) is 90.6 cm³/mol. The van der Waals surface area contributed by atoms with E-state index in [4.69, 9.17) is 16.1 Å². The molecule has 1 aliphatic heterocycles. The summed E-state index contributed by atoms with van der Waals surface area (Å²) in [6, 6.07) is 5.92. The van der Waals surface area contributed by atoms with Crippen molar-refractivity contribution in [1.29, 1.82) is 0 Å². The van der Waals surface area contributed by atoms with E-state index in [1.54, 1.807) is 4.90 Å². The van der Waals surface area contributed by atoms with Crippen LogP contribution in [-0.2, 0) is 0 Å². The number of halogens is 1. The van der Waals surface area contributed by atoms with E-state index in [9.17, 15) is 4.79 Å². The van der Waals surface area contributed by atoms with Crippen molar-refractivity contribution in [2.24, 2.45) is 0 Å². The SMILES string of the molecule is Cc1c(Cl)cccc1N1CCN(C(=O)c2nc(C3CC3)no2)CC1. The van der Waals surface area contributed by atoms with Crippen molar-refractivity contribution >= 4 is 23.2 Å². The lowest BCUT2D eigenvalue weighted by Crippen LogP contribution is -2.49. The summed E-state index contributed by atoms with van der Waals surface area (Å²) in [5, 5.41) is 4.69. The van der Waals surface area contributed by atoms with Gasteiger partial charge in [-0.2, -0.15) is 4.98 Å². The summed E-state index contributed by atoms with van der Waals surface area (Å²) in [5.41, 5.74) is 2.20. The van der Waals surface area contributed by atoms with Crippen LogP contribution in [0.1, 0.15) is 40.8 Å². The van der Waals surface area contributed by atoms with Crippen molar-refractivity contribution in [2.45, 2.75) is 25.7 Å². The Bertz CT molecular complexity index is 764. The van der Waals surface area contributed by atoms with Crippen molar-refractivity contribution in [3.05, 3.63) is 40.5 Å². The number of hydrogen-bond acceptors (Lipinski definition) is 5. The molecule has 1 saturated carbocycles. The second-order valence-electron chi connectivity index (χ2n) is 6.40. The molecule has 6 nitrogen and oxygen atoms in total. The Hall–Kier alpha value is -2.08. The molecule has 4 rings (SSSR count). The van der Waals surface area contributed by atoms with Crippen molar-refractivity contribution < 1.29 is 9.32 Å². The third-order valence-electron chi connectivity index (χ3n) is 4.71. The number of piperazine rings is 1. The van der Waals surface area contributed by atoms with Crippen molar-refractivity contribution in [1.82, 2.24) is 15.0 Å². The summed E-state index contributed by atoms with van der Waals surface area (Å²) in [7, 11) is 0. The van der Waals surface area contributed by atoms with Crippen LogP contribution in [0.25, 0.3) is 0 Å². The normalized spacial score (nSPS) is 18.1. The standard InChI is InChI=1S/C17H19ClN4O2/c1-11-13(18)3-2-4-14(11)21-7-9-22(10-8-21)17(23)16-19-15(20-24-16)12-5-6-12/h2-4,12H,5-10H2,1H3. The summed E-state index contributed by atoms with van der Waals surface area (Å²) in [6.07, 6.45) is 2.18. The summed E-state index contributed by atoms with van der Waals surface area (Å²) >= 11 is 6.21. The third-order valence-corrected chi connectivity index (χ3v) is 5.12. The number of aromatic nitrogens is 2. The number of carbonyl (C=O) groups excluding carboxylic acids is 1. The third kappa shape index (κ3) is 2.86. The maximum Gasteiger partial charge on any atom is 0.316 e. The van der Waals surface area contributed by atoms with Crippen molar-refractivity contribution in [2.75, 3.05) is 31.1 Å². The topological polar surface area (TPSA) is 62.5 Å². The summed E-state index contributed by atoms with van der Waals surface area (Å²) in [5.74, 6) is 1.01. The van der Waals surface area contributed by atoms with E-state index < -0.39 is 0 Å². The molecule has 1 aromatic heterocycles. The number of hydrogen-bond donors (Lipinski definition) is 0. The van der Waals surface area contributed by atoms with Gasteiger partial charge in [0.15, 0.2) is 5.82 Å². The van der Waals surface area contributed by atoms with Gasteiger partial charge < -0.3 is 14.3 Å². The molecule has 0 spiro atoms. The molecule has 7 heteroatoms. The Morgan fingerprint density at radius 2 is 2.00 bits per heavy atom. The van der Waals surface area contributed by atoms with Gasteiger partial charge in [-0.1, -0.05) is 22.8 Å². The highest BCUT2D eigenvalue weighted by Crippen LogP contribution is 2.38. The smallest absolute Gasteiger partial charge is 0.316 e. The van der Waals surface area contributed by atoms with Crippen LogP contribution < -0.4 is 4.90 Å². The fourth-order valence-electron chi connectivity index (χ4n) is 3.05. The van der Waals surface area contributed by atoms with Gasteiger partial charge in [-0.05, 0) is 37.5 Å². The molecule has 2 aromatic rings. The van der Waals surface area contributed by atoms with Crippen LogP contribution in [0.2, 0.25) is 5.02 Å². The Labute approximate surface area is 145 Å². The number of nitrogens with zero attached hydrogens (tertiary/aromatic N) is 4. The van der Waals surface area contributed by atoms with E-state index in [1.807, 2.05) is 19.1 Å². The summed E-state index contributed by atoms with van der Waals surface area (Å²) < 4.78 is 5.14. The van der Waals surface area contributed by atoms with E-state index in [-0.39, 0.29) is 11.8 Å². The molecule has 1 saturated heterocycles. The van der Waals surface area contributed by atoms with Gasteiger partial charge in [0, 0.05) is 42.8 Å². The van der Waals surface area contributed by atoms with Gasteiger partial charge >= 0.3 is 11.8 Å². The van der Waals surface area contributed by atoms with Gasteiger partial charge in [0.1, 0.15) is 0 Å². The minimum absolute atomic E-state index is 0.115. The molecule has 1 aromatic carbocycles. The molecule has 2 heterocycles. The quantitative estimate of drug-likeness (QED) is 0.855. The molecule has 1 aliphatic carbocycles. The largest absolute Gasteiger partial charge is 0.368 e. The maximum atomic E-state index is 12.5. The molecule has 24 heavy (non-hydrogen) atoms. The Kier molecular flexibility index (Phi) is 3.92.